The molecule has 0 aliphatic heterocycles. The summed E-state index contributed by atoms with van der Waals surface area (Å²) in [6.07, 6.45) is 0. The highest BCUT2D eigenvalue weighted by Crippen LogP contribution is 2.48. The van der Waals surface area contributed by atoms with E-state index in [0.717, 1.165) is 0 Å². The van der Waals surface area contributed by atoms with Crippen molar-refractivity contribution >= 4 is 43.1 Å². The highest BCUT2D eigenvalue weighted by Gasteiger charge is 2.20. The molecule has 10 aromatic rings. The molecule has 0 amide bonds. The molecule has 52 heavy (non-hydrogen) atoms. The molecule has 0 N–H and O–H groups in total. The lowest BCUT2D eigenvalue weighted by Crippen LogP contribution is -1.94. The van der Waals surface area contributed by atoms with Crippen LogP contribution in [0.15, 0.2) is 206 Å². The third-order valence-electron chi connectivity index (χ3n) is 10.6. The van der Waals surface area contributed by atoms with Crippen molar-refractivity contribution in [3.8, 4) is 55.6 Å². The maximum Gasteiger partial charge on any atom is -0.00199 e. The molecule has 10 aromatic carbocycles. The highest BCUT2D eigenvalue weighted by molar-refractivity contribution is 6.25. The molecular formula is C52H34. The lowest BCUT2D eigenvalue weighted by molar-refractivity contribution is 1.62. The fourth-order valence-corrected chi connectivity index (χ4v) is 8.19. The lowest BCUT2D eigenvalue weighted by Gasteiger charge is -2.21. The monoisotopic (exact) mass is 658 g/mol. The van der Waals surface area contributed by atoms with Gasteiger partial charge in [0.25, 0.3) is 0 Å². The van der Waals surface area contributed by atoms with E-state index in [1.165, 1.54) is 98.7 Å². The van der Waals surface area contributed by atoms with E-state index in [-0.39, 0.29) is 0 Å². The Bertz CT molecular complexity index is 2920. The van der Waals surface area contributed by atoms with Crippen LogP contribution in [0.4, 0.5) is 0 Å². The van der Waals surface area contributed by atoms with Crippen LogP contribution in [0.2, 0.25) is 0 Å². The lowest BCUT2D eigenvalue weighted by atomic mass is 9.82. The van der Waals surface area contributed by atoms with Gasteiger partial charge in [0.15, 0.2) is 0 Å². The first-order valence-corrected chi connectivity index (χ1v) is 18.0. The van der Waals surface area contributed by atoms with E-state index in [4.69, 9.17) is 0 Å². The Morgan fingerprint density at radius 2 is 0.673 bits per heavy atom. The summed E-state index contributed by atoms with van der Waals surface area (Å²) in [6, 6.07) is 75.7. The largest absolute Gasteiger partial charge is 0.0622 e. The van der Waals surface area contributed by atoms with E-state index in [9.17, 15) is 0 Å². The van der Waals surface area contributed by atoms with Crippen LogP contribution in [0.1, 0.15) is 0 Å². The van der Waals surface area contributed by atoms with Gasteiger partial charge in [0.05, 0.1) is 0 Å². The second-order valence-corrected chi connectivity index (χ2v) is 13.6. The smallest absolute Gasteiger partial charge is 0.00199 e. The Balaban J connectivity index is 1.36. The molecule has 0 heteroatoms. The Labute approximate surface area is 303 Å². The molecule has 0 saturated carbocycles. The van der Waals surface area contributed by atoms with Crippen LogP contribution in [-0.2, 0) is 0 Å². The highest BCUT2D eigenvalue weighted by atomic mass is 14.2. The van der Waals surface area contributed by atoms with Crippen molar-refractivity contribution in [2.75, 3.05) is 0 Å². The van der Waals surface area contributed by atoms with E-state index in [2.05, 4.69) is 206 Å². The Kier molecular flexibility index (Phi) is 7.25. The Morgan fingerprint density at radius 1 is 0.192 bits per heavy atom. The molecule has 0 radical (unpaired) electrons. The molecule has 10 rings (SSSR count). The van der Waals surface area contributed by atoms with Crippen molar-refractivity contribution in [3.63, 3.8) is 0 Å². The van der Waals surface area contributed by atoms with Gasteiger partial charge in [0.2, 0.25) is 0 Å². The first kappa shape index (κ1) is 30.1. The minimum atomic E-state index is 1.21. The van der Waals surface area contributed by atoms with E-state index < -0.39 is 0 Å². The topological polar surface area (TPSA) is 0 Å². The van der Waals surface area contributed by atoms with Crippen LogP contribution >= 0.6 is 0 Å². The molecule has 0 bridgehead atoms. The number of benzene rings is 10. The minimum absolute atomic E-state index is 1.21. The molecule has 0 atom stereocenters. The van der Waals surface area contributed by atoms with E-state index in [1.807, 2.05) is 0 Å². The molecule has 0 aromatic heterocycles. The van der Waals surface area contributed by atoms with Gasteiger partial charge in [0.1, 0.15) is 0 Å². The summed E-state index contributed by atoms with van der Waals surface area (Å²) in [5, 5.41) is 10.0. The van der Waals surface area contributed by atoms with Crippen LogP contribution in [0.25, 0.3) is 98.7 Å². The third kappa shape index (κ3) is 5.08. The molecule has 0 nitrogen and oxygen atoms in total. The predicted octanol–water partition coefficient (Wildman–Crippen LogP) is 14.6. The van der Waals surface area contributed by atoms with Crippen molar-refractivity contribution < 1.29 is 0 Å². The number of rotatable bonds is 5. The summed E-state index contributed by atoms with van der Waals surface area (Å²) < 4.78 is 0. The van der Waals surface area contributed by atoms with E-state index in [1.54, 1.807) is 0 Å². The van der Waals surface area contributed by atoms with Crippen LogP contribution in [-0.4, -0.2) is 0 Å². The molecule has 0 heterocycles. The number of hydrogen-bond donors (Lipinski definition) is 0. The third-order valence-corrected chi connectivity index (χ3v) is 10.6. The molecule has 0 aliphatic carbocycles. The first-order valence-electron chi connectivity index (χ1n) is 18.0. The quantitative estimate of drug-likeness (QED) is 0.161. The molecule has 0 aliphatic rings. The number of hydrogen-bond acceptors (Lipinski definition) is 0. The SMILES string of the molecule is c1ccc(-c2ccc3c(-c4cccc5c(-c6ccccc6)cccc45)c4cc(-c5ccccc5)ccc4c(-c4ccc5ccccc5c4)c3c2)cc1. The zero-order chi connectivity index (χ0) is 34.4. The van der Waals surface area contributed by atoms with Crippen molar-refractivity contribution in [3.05, 3.63) is 206 Å². The Hall–Kier alpha value is -6.76. The van der Waals surface area contributed by atoms with Gasteiger partial charge in [-0.1, -0.05) is 188 Å². The van der Waals surface area contributed by atoms with Gasteiger partial charge in [-0.25, -0.2) is 0 Å². The van der Waals surface area contributed by atoms with Gasteiger partial charge in [0, 0.05) is 0 Å². The maximum absolute atomic E-state index is 2.43. The summed E-state index contributed by atoms with van der Waals surface area (Å²) in [5.74, 6) is 0. The van der Waals surface area contributed by atoms with E-state index in [0.29, 0.717) is 0 Å². The second-order valence-electron chi connectivity index (χ2n) is 13.6. The number of fused-ring (bicyclic) bond motifs is 4. The summed E-state index contributed by atoms with van der Waals surface area (Å²) in [6.45, 7) is 0. The fraction of sp³-hybridized carbons (Fsp3) is 0. The fourth-order valence-electron chi connectivity index (χ4n) is 8.19. The molecule has 0 spiro atoms. The van der Waals surface area contributed by atoms with Gasteiger partial charge in [-0.15, -0.1) is 0 Å². The normalized spacial score (nSPS) is 11.5. The van der Waals surface area contributed by atoms with Gasteiger partial charge in [-0.05, 0) is 117 Å². The van der Waals surface area contributed by atoms with Gasteiger partial charge < -0.3 is 0 Å². The second kappa shape index (κ2) is 12.5. The summed E-state index contributed by atoms with van der Waals surface area (Å²) in [7, 11) is 0. The van der Waals surface area contributed by atoms with E-state index >= 15 is 0 Å². The molecule has 0 saturated heterocycles. The standard InChI is InChI=1S/C52H34/c1-4-14-35(15-5-1)40-29-31-48-49(33-40)51(42-27-26-37-18-10-11-21-39(37)32-42)47-30-28-41(36-16-6-2-7-17-36)34-50(47)52(48)46-25-13-23-44-43(22-12-24-45(44)46)38-19-8-3-9-20-38/h1-34H. The average Bonchev–Trinajstić information content (AvgIpc) is 3.23. The van der Waals surface area contributed by atoms with Crippen molar-refractivity contribution in [1.29, 1.82) is 0 Å². The van der Waals surface area contributed by atoms with Crippen LogP contribution in [0.5, 0.6) is 0 Å². The molecule has 0 unspecified atom stereocenters. The molecular weight excluding hydrogens is 625 g/mol. The average molecular weight is 659 g/mol. The minimum Gasteiger partial charge on any atom is -0.0622 e. The molecule has 242 valence electrons. The summed E-state index contributed by atoms with van der Waals surface area (Å²) in [4.78, 5) is 0. The summed E-state index contributed by atoms with van der Waals surface area (Å²) in [5.41, 5.74) is 12.3. The predicted molar refractivity (Wildman–Crippen MR) is 224 cm³/mol. The maximum atomic E-state index is 2.43. The van der Waals surface area contributed by atoms with Gasteiger partial charge >= 0.3 is 0 Å². The van der Waals surface area contributed by atoms with Crippen LogP contribution in [0.3, 0.4) is 0 Å². The zero-order valence-corrected chi connectivity index (χ0v) is 28.6. The van der Waals surface area contributed by atoms with Crippen molar-refractivity contribution in [2.45, 2.75) is 0 Å². The van der Waals surface area contributed by atoms with Gasteiger partial charge in [-0.3, -0.25) is 0 Å². The molecule has 0 fully saturated rings. The van der Waals surface area contributed by atoms with Crippen LogP contribution in [0, 0.1) is 0 Å². The van der Waals surface area contributed by atoms with Gasteiger partial charge in [-0.2, -0.15) is 0 Å². The summed E-state index contributed by atoms with van der Waals surface area (Å²) >= 11 is 0. The van der Waals surface area contributed by atoms with Crippen LogP contribution < -0.4 is 0 Å². The first-order chi connectivity index (χ1) is 25.8. The van der Waals surface area contributed by atoms with Crippen molar-refractivity contribution in [1.82, 2.24) is 0 Å². The zero-order valence-electron chi connectivity index (χ0n) is 28.6. The van der Waals surface area contributed by atoms with Crippen molar-refractivity contribution in [2.24, 2.45) is 0 Å². The Morgan fingerprint density at radius 3 is 1.31 bits per heavy atom.